The fourth-order valence-electron chi connectivity index (χ4n) is 3.39. The molecule has 0 amide bonds. The van der Waals surface area contributed by atoms with Crippen molar-refractivity contribution in [3.8, 4) is 0 Å². The molecule has 1 saturated heterocycles. The lowest BCUT2D eigenvalue weighted by atomic mass is 9.94. The summed E-state index contributed by atoms with van der Waals surface area (Å²) in [5.74, 6) is 1.35. The molecule has 2 aromatic heterocycles. The summed E-state index contributed by atoms with van der Waals surface area (Å²) in [6.07, 6.45) is 4.27. The van der Waals surface area contributed by atoms with E-state index in [1.165, 1.54) is 6.33 Å². The number of aryl methyl sites for hydroxylation is 1. The molecule has 25 heavy (non-hydrogen) atoms. The van der Waals surface area contributed by atoms with Crippen LogP contribution in [0, 0.1) is 5.92 Å². The van der Waals surface area contributed by atoms with E-state index in [0.29, 0.717) is 24.7 Å². The van der Waals surface area contributed by atoms with Gasteiger partial charge in [0.2, 0.25) is 0 Å². The van der Waals surface area contributed by atoms with E-state index < -0.39 is 8.25 Å². The highest BCUT2D eigenvalue weighted by atomic mass is 31.1. The fourth-order valence-corrected chi connectivity index (χ4v) is 3.69. The topological polar surface area (TPSA) is 97.5 Å². The average Bonchev–Trinajstić information content (AvgIpc) is 2.61. The van der Waals surface area contributed by atoms with Crippen molar-refractivity contribution in [3.05, 3.63) is 28.8 Å². The van der Waals surface area contributed by atoms with Crippen molar-refractivity contribution in [3.63, 3.8) is 0 Å². The summed E-state index contributed by atoms with van der Waals surface area (Å²) < 4.78 is 17.0. The molecule has 8 nitrogen and oxygen atoms in total. The number of hydrogen-bond acceptors (Lipinski definition) is 6. The van der Waals surface area contributed by atoms with Crippen LogP contribution < -0.4 is 10.5 Å². The first-order chi connectivity index (χ1) is 12.1. The van der Waals surface area contributed by atoms with Gasteiger partial charge in [-0.25, -0.2) is 9.97 Å². The molecule has 1 N–H and O–H groups in total. The van der Waals surface area contributed by atoms with E-state index in [1.54, 1.807) is 16.7 Å². The summed E-state index contributed by atoms with van der Waals surface area (Å²) in [7, 11) is -2.83. The number of rotatable bonds is 6. The molecule has 0 spiro atoms. The second-order valence-corrected chi connectivity index (χ2v) is 7.00. The molecular weight excluding hydrogens is 343 g/mol. The molecule has 0 aliphatic carbocycles. The average molecular weight is 366 g/mol. The third-order valence-electron chi connectivity index (χ3n) is 4.74. The Morgan fingerprint density at radius 1 is 1.32 bits per heavy atom. The predicted molar refractivity (Wildman–Crippen MR) is 96.2 cm³/mol. The molecular formula is C16H23N4O4P. The number of fused-ring (bicyclic) bond motifs is 1. The van der Waals surface area contributed by atoms with Crippen molar-refractivity contribution in [1.29, 1.82) is 0 Å². The Kier molecular flexibility index (Phi) is 5.83. The summed E-state index contributed by atoms with van der Waals surface area (Å²) in [6.45, 7) is 4.55. The van der Waals surface area contributed by atoms with E-state index in [9.17, 15) is 9.36 Å². The molecule has 3 heterocycles. The van der Waals surface area contributed by atoms with E-state index in [-0.39, 0.29) is 5.56 Å². The number of hydrogen-bond donors (Lipinski definition) is 1. The quantitative estimate of drug-likeness (QED) is 0.779. The maximum Gasteiger partial charge on any atom is 0.316 e. The number of anilines is 1. The minimum absolute atomic E-state index is 0.0541. The Morgan fingerprint density at radius 3 is 2.76 bits per heavy atom. The molecule has 3 rings (SSSR count). The maximum absolute atomic E-state index is 12.0. The second-order valence-electron chi connectivity index (χ2n) is 6.18. The largest absolute Gasteiger partial charge is 0.356 e. The third-order valence-corrected chi connectivity index (χ3v) is 5.19. The zero-order chi connectivity index (χ0) is 17.8. The summed E-state index contributed by atoms with van der Waals surface area (Å²) in [5.41, 5.74) is 0.616. The van der Waals surface area contributed by atoms with Gasteiger partial charge in [0.1, 0.15) is 17.8 Å². The number of piperidine rings is 1. The van der Waals surface area contributed by atoms with Crippen LogP contribution in [0.25, 0.3) is 11.0 Å². The van der Waals surface area contributed by atoms with Crippen LogP contribution in [0.1, 0.15) is 26.2 Å². The third kappa shape index (κ3) is 4.08. The minimum atomic E-state index is -2.83. The van der Waals surface area contributed by atoms with Gasteiger partial charge in [0, 0.05) is 25.7 Å². The van der Waals surface area contributed by atoms with Gasteiger partial charge in [-0.05, 0) is 38.2 Å². The number of nitrogens with zero attached hydrogens (tertiary/aromatic N) is 4. The summed E-state index contributed by atoms with van der Waals surface area (Å²) in [6, 6.07) is 3.37. The zero-order valence-electron chi connectivity index (χ0n) is 14.2. The molecule has 2 aromatic rings. The van der Waals surface area contributed by atoms with Crippen molar-refractivity contribution in [2.45, 2.75) is 32.7 Å². The lowest BCUT2D eigenvalue weighted by Crippen LogP contribution is -2.35. The van der Waals surface area contributed by atoms with Crippen LogP contribution in [-0.4, -0.2) is 39.1 Å². The van der Waals surface area contributed by atoms with Crippen LogP contribution in [-0.2, 0) is 15.6 Å². The molecule has 9 heteroatoms. The molecule has 1 aliphatic heterocycles. The lowest BCUT2D eigenvalue weighted by molar-refractivity contribution is 0.241. The second kappa shape index (κ2) is 8.08. The first kappa shape index (κ1) is 18.0. The SMILES string of the molecule is CCn1c(=O)ccc2c(N3CCC(CCO[PH](=O)O)CC3)ncnc21. The molecule has 1 aliphatic rings. The van der Waals surface area contributed by atoms with Crippen molar-refractivity contribution in [1.82, 2.24) is 14.5 Å². The van der Waals surface area contributed by atoms with Crippen molar-refractivity contribution in [2.24, 2.45) is 5.92 Å². The Labute approximate surface area is 146 Å². The molecule has 1 unspecified atom stereocenters. The van der Waals surface area contributed by atoms with Crippen LogP contribution in [0.3, 0.4) is 0 Å². The highest BCUT2D eigenvalue weighted by molar-refractivity contribution is 7.32. The molecule has 0 radical (unpaired) electrons. The van der Waals surface area contributed by atoms with Gasteiger partial charge in [-0.1, -0.05) is 0 Å². The predicted octanol–water partition coefficient (Wildman–Crippen LogP) is 1.82. The van der Waals surface area contributed by atoms with Crippen LogP contribution in [0.4, 0.5) is 5.82 Å². The highest BCUT2D eigenvalue weighted by Crippen LogP contribution is 2.28. The first-order valence-corrected chi connectivity index (χ1v) is 9.81. The number of aromatic nitrogens is 3. The van der Waals surface area contributed by atoms with Gasteiger partial charge < -0.3 is 14.3 Å². The molecule has 1 fully saturated rings. The highest BCUT2D eigenvalue weighted by Gasteiger charge is 2.22. The van der Waals surface area contributed by atoms with E-state index in [1.807, 2.05) is 6.92 Å². The van der Waals surface area contributed by atoms with Gasteiger partial charge in [-0.2, -0.15) is 0 Å². The van der Waals surface area contributed by atoms with Gasteiger partial charge in [-0.15, -0.1) is 0 Å². The van der Waals surface area contributed by atoms with Gasteiger partial charge >= 0.3 is 8.25 Å². The van der Waals surface area contributed by atoms with Gasteiger partial charge in [0.15, 0.2) is 0 Å². The van der Waals surface area contributed by atoms with Crippen LogP contribution in [0.15, 0.2) is 23.3 Å². The summed E-state index contributed by atoms with van der Waals surface area (Å²) in [4.78, 5) is 31.7. The minimum Gasteiger partial charge on any atom is -0.356 e. The van der Waals surface area contributed by atoms with Gasteiger partial charge in [0.05, 0.1) is 12.0 Å². The Hall–Kier alpha value is -1.76. The van der Waals surface area contributed by atoms with Crippen molar-refractivity contribution in [2.75, 3.05) is 24.6 Å². The Bertz CT molecular complexity index is 817. The van der Waals surface area contributed by atoms with E-state index in [0.717, 1.165) is 43.6 Å². The molecule has 0 bridgehead atoms. The van der Waals surface area contributed by atoms with Crippen LogP contribution in [0.2, 0.25) is 0 Å². The van der Waals surface area contributed by atoms with Gasteiger partial charge in [-0.3, -0.25) is 13.9 Å². The maximum atomic E-state index is 12.0. The number of pyridine rings is 1. The smallest absolute Gasteiger partial charge is 0.316 e. The van der Waals surface area contributed by atoms with Crippen molar-refractivity contribution < 1.29 is 14.0 Å². The van der Waals surface area contributed by atoms with E-state index >= 15 is 0 Å². The molecule has 1 atom stereocenters. The summed E-state index contributed by atoms with van der Waals surface area (Å²) >= 11 is 0. The van der Waals surface area contributed by atoms with Crippen LogP contribution >= 0.6 is 8.25 Å². The van der Waals surface area contributed by atoms with E-state index in [2.05, 4.69) is 14.9 Å². The zero-order valence-corrected chi connectivity index (χ0v) is 15.2. The Balaban J connectivity index is 1.73. The van der Waals surface area contributed by atoms with Gasteiger partial charge in [0.25, 0.3) is 5.56 Å². The van der Waals surface area contributed by atoms with Crippen LogP contribution in [0.5, 0.6) is 0 Å². The molecule has 0 aromatic carbocycles. The Morgan fingerprint density at radius 2 is 2.08 bits per heavy atom. The lowest BCUT2D eigenvalue weighted by Gasteiger charge is -2.33. The standard InChI is InChI=1S/C16H23N4O4P/c1-2-20-14(21)4-3-13-15(17-11-18-16(13)20)19-8-5-12(6-9-19)7-10-24-25(22)23/h3-4,11-12,25H,2,5-10H2,1H3,(H,22,23). The normalized spacial score (nSPS) is 17.1. The first-order valence-electron chi connectivity index (χ1n) is 8.55. The molecule has 0 saturated carbocycles. The molecule has 136 valence electrons. The van der Waals surface area contributed by atoms with Crippen molar-refractivity contribution >= 4 is 25.1 Å². The fraction of sp³-hybridized carbons (Fsp3) is 0.562. The summed E-state index contributed by atoms with van der Waals surface area (Å²) in [5, 5.41) is 0.893. The van der Waals surface area contributed by atoms with E-state index in [4.69, 9.17) is 9.42 Å². The monoisotopic (exact) mass is 366 g/mol.